The third-order valence-electron chi connectivity index (χ3n) is 3.95. The third kappa shape index (κ3) is 4.74. The van der Waals surface area contributed by atoms with Gasteiger partial charge in [-0.25, -0.2) is 0 Å². The highest BCUT2D eigenvalue weighted by Crippen LogP contribution is 2.25. The van der Waals surface area contributed by atoms with E-state index in [9.17, 15) is 9.90 Å². The Morgan fingerprint density at radius 1 is 1.24 bits per heavy atom. The van der Waals surface area contributed by atoms with Crippen molar-refractivity contribution in [2.75, 3.05) is 13.7 Å². The molecule has 1 unspecified atom stereocenters. The maximum Gasteiger partial charge on any atom is 0.323 e. The molecule has 0 bridgehead atoms. The molecule has 0 aliphatic carbocycles. The number of carboxylic acids is 1. The summed E-state index contributed by atoms with van der Waals surface area (Å²) in [6, 6.07) is 4.23. The highest BCUT2D eigenvalue weighted by molar-refractivity contribution is 5.78. The van der Waals surface area contributed by atoms with E-state index in [1.807, 2.05) is 0 Å². The smallest absolute Gasteiger partial charge is 0.323 e. The fourth-order valence-electron chi connectivity index (χ4n) is 2.49. The number of aryl methyl sites for hydroxylation is 3. The van der Waals surface area contributed by atoms with Gasteiger partial charge < -0.3 is 15.2 Å². The van der Waals surface area contributed by atoms with Gasteiger partial charge in [0.1, 0.15) is 11.3 Å². The summed E-state index contributed by atoms with van der Waals surface area (Å²) >= 11 is 0. The fourth-order valence-corrected chi connectivity index (χ4v) is 2.49. The highest BCUT2D eigenvalue weighted by Gasteiger charge is 2.30. The molecule has 0 saturated heterocycles. The number of rotatable bonds is 8. The van der Waals surface area contributed by atoms with Crippen LogP contribution in [-0.2, 0) is 4.79 Å². The lowest BCUT2D eigenvalue weighted by Gasteiger charge is -2.24. The van der Waals surface area contributed by atoms with E-state index in [-0.39, 0.29) is 0 Å². The molecule has 0 amide bonds. The number of likely N-dealkylation sites (N-methyl/N-ethyl adjacent to an activating group) is 1. The monoisotopic (exact) mass is 293 g/mol. The maximum absolute atomic E-state index is 11.2. The molecule has 4 heteroatoms. The minimum absolute atomic E-state index is 0.591. The van der Waals surface area contributed by atoms with Gasteiger partial charge in [0.25, 0.3) is 0 Å². The van der Waals surface area contributed by atoms with E-state index in [0.717, 1.165) is 29.7 Å². The largest absolute Gasteiger partial charge is 0.493 e. The highest BCUT2D eigenvalue weighted by atomic mass is 16.5. The molecule has 0 aliphatic heterocycles. The van der Waals surface area contributed by atoms with E-state index in [1.54, 1.807) is 14.0 Å². The van der Waals surface area contributed by atoms with Crippen LogP contribution < -0.4 is 10.1 Å². The number of benzene rings is 1. The van der Waals surface area contributed by atoms with Crippen LogP contribution in [0.4, 0.5) is 0 Å². The second-order valence-corrected chi connectivity index (χ2v) is 5.92. The molecule has 0 radical (unpaired) electrons. The fraction of sp³-hybridized carbons (Fsp3) is 0.588. The van der Waals surface area contributed by atoms with Crippen molar-refractivity contribution >= 4 is 5.97 Å². The molecule has 1 rings (SSSR count). The molecule has 0 aromatic heterocycles. The van der Waals surface area contributed by atoms with E-state index >= 15 is 0 Å². The second-order valence-electron chi connectivity index (χ2n) is 5.92. The lowest BCUT2D eigenvalue weighted by Crippen LogP contribution is -2.47. The number of carbonyl (C=O) groups is 1. The number of ether oxygens (including phenoxy) is 1. The summed E-state index contributed by atoms with van der Waals surface area (Å²) in [5, 5.41) is 12.0. The van der Waals surface area contributed by atoms with Gasteiger partial charge in [-0.15, -0.1) is 0 Å². The van der Waals surface area contributed by atoms with Gasteiger partial charge in [-0.05, 0) is 65.1 Å². The zero-order valence-corrected chi connectivity index (χ0v) is 13.7. The van der Waals surface area contributed by atoms with Crippen LogP contribution in [0.2, 0.25) is 0 Å². The van der Waals surface area contributed by atoms with Crippen molar-refractivity contribution in [2.45, 2.75) is 52.5 Å². The SMILES string of the molecule is CNC(C)(CCCCOc1c(C)cc(C)cc1C)C(=O)O. The summed E-state index contributed by atoms with van der Waals surface area (Å²) in [4.78, 5) is 11.2. The Bertz CT molecular complexity index is 476. The van der Waals surface area contributed by atoms with Gasteiger partial charge in [-0.2, -0.15) is 0 Å². The zero-order chi connectivity index (χ0) is 16.0. The van der Waals surface area contributed by atoms with Gasteiger partial charge in [0.2, 0.25) is 0 Å². The predicted molar refractivity (Wildman–Crippen MR) is 85.1 cm³/mol. The standard InChI is InChI=1S/C17H27NO3/c1-12-10-13(2)15(14(3)11-12)21-9-7-6-8-17(4,18-5)16(19)20/h10-11,18H,6-9H2,1-5H3,(H,19,20). The van der Waals surface area contributed by atoms with E-state index in [1.165, 1.54) is 5.56 Å². The van der Waals surface area contributed by atoms with E-state index < -0.39 is 11.5 Å². The van der Waals surface area contributed by atoms with E-state index in [0.29, 0.717) is 13.0 Å². The molecule has 1 atom stereocenters. The van der Waals surface area contributed by atoms with Crippen molar-refractivity contribution in [3.8, 4) is 5.75 Å². The quantitative estimate of drug-likeness (QED) is 0.723. The summed E-state index contributed by atoms with van der Waals surface area (Å²) in [7, 11) is 1.68. The lowest BCUT2D eigenvalue weighted by molar-refractivity contribution is -0.144. The zero-order valence-electron chi connectivity index (χ0n) is 13.7. The number of carboxylic acid groups (broad SMARTS) is 1. The van der Waals surface area contributed by atoms with Crippen LogP contribution in [0.25, 0.3) is 0 Å². The Morgan fingerprint density at radius 2 is 1.81 bits per heavy atom. The Labute approximate surface area is 127 Å². The van der Waals surface area contributed by atoms with Crippen LogP contribution in [0, 0.1) is 20.8 Å². The Kier molecular flexibility index (Phi) is 6.21. The first-order valence-corrected chi connectivity index (χ1v) is 7.43. The lowest BCUT2D eigenvalue weighted by atomic mass is 9.95. The summed E-state index contributed by atoms with van der Waals surface area (Å²) in [5.74, 6) is 0.145. The summed E-state index contributed by atoms with van der Waals surface area (Å²) in [5.41, 5.74) is 2.69. The number of hydrogen-bond donors (Lipinski definition) is 2. The van der Waals surface area contributed by atoms with Gasteiger partial charge in [-0.3, -0.25) is 4.79 Å². The number of hydrogen-bond acceptors (Lipinski definition) is 3. The molecule has 0 aliphatic rings. The van der Waals surface area contributed by atoms with Crippen molar-refractivity contribution in [1.29, 1.82) is 0 Å². The van der Waals surface area contributed by atoms with Gasteiger partial charge >= 0.3 is 5.97 Å². The molecule has 0 heterocycles. The normalized spacial score (nSPS) is 13.8. The molecule has 1 aromatic rings. The van der Waals surface area contributed by atoms with Crippen LogP contribution in [0.5, 0.6) is 5.75 Å². The third-order valence-corrected chi connectivity index (χ3v) is 3.95. The molecule has 1 aromatic carbocycles. The molecular weight excluding hydrogens is 266 g/mol. The van der Waals surface area contributed by atoms with Crippen molar-refractivity contribution in [1.82, 2.24) is 5.32 Å². The molecule has 0 saturated carbocycles. The summed E-state index contributed by atoms with van der Waals surface area (Å²) < 4.78 is 5.86. The Balaban J connectivity index is 2.44. The minimum atomic E-state index is -0.851. The Morgan fingerprint density at radius 3 is 2.29 bits per heavy atom. The molecule has 0 fully saturated rings. The second kappa shape index (κ2) is 7.46. The van der Waals surface area contributed by atoms with Crippen molar-refractivity contribution in [3.05, 3.63) is 28.8 Å². The molecule has 21 heavy (non-hydrogen) atoms. The van der Waals surface area contributed by atoms with Gasteiger partial charge in [-0.1, -0.05) is 17.7 Å². The molecule has 4 nitrogen and oxygen atoms in total. The molecule has 118 valence electrons. The molecule has 2 N–H and O–H groups in total. The minimum Gasteiger partial charge on any atom is -0.493 e. The van der Waals surface area contributed by atoms with Gasteiger partial charge in [0, 0.05) is 0 Å². The predicted octanol–water partition coefficient (Wildman–Crippen LogP) is 3.22. The first kappa shape index (κ1) is 17.5. The van der Waals surface area contributed by atoms with Crippen LogP contribution in [0.1, 0.15) is 42.9 Å². The maximum atomic E-state index is 11.2. The first-order valence-electron chi connectivity index (χ1n) is 7.43. The van der Waals surface area contributed by atoms with Crippen LogP contribution >= 0.6 is 0 Å². The van der Waals surface area contributed by atoms with Crippen LogP contribution in [0.3, 0.4) is 0 Å². The number of unbranched alkanes of at least 4 members (excludes halogenated alkanes) is 1. The topological polar surface area (TPSA) is 58.6 Å². The van der Waals surface area contributed by atoms with Crippen LogP contribution in [0.15, 0.2) is 12.1 Å². The summed E-state index contributed by atoms with van der Waals surface area (Å²) in [6.07, 6.45) is 2.25. The number of nitrogens with one attached hydrogen (secondary N) is 1. The van der Waals surface area contributed by atoms with E-state index in [4.69, 9.17) is 4.74 Å². The van der Waals surface area contributed by atoms with Crippen molar-refractivity contribution in [2.24, 2.45) is 0 Å². The first-order chi connectivity index (χ1) is 9.80. The average molecular weight is 293 g/mol. The Hall–Kier alpha value is -1.55. The van der Waals surface area contributed by atoms with Gasteiger partial charge in [0.15, 0.2) is 0 Å². The molecule has 0 spiro atoms. The summed E-state index contributed by atoms with van der Waals surface area (Å²) in [6.45, 7) is 8.51. The van der Waals surface area contributed by atoms with Gasteiger partial charge in [0.05, 0.1) is 6.61 Å². The van der Waals surface area contributed by atoms with Crippen LogP contribution in [-0.4, -0.2) is 30.3 Å². The average Bonchev–Trinajstić information content (AvgIpc) is 2.40. The van der Waals surface area contributed by atoms with Crippen molar-refractivity contribution in [3.63, 3.8) is 0 Å². The van der Waals surface area contributed by atoms with Crippen molar-refractivity contribution < 1.29 is 14.6 Å². The van der Waals surface area contributed by atoms with E-state index in [2.05, 4.69) is 38.2 Å². The molecular formula is C17H27NO3. The number of aliphatic carboxylic acids is 1.